The van der Waals surface area contributed by atoms with Crippen LogP contribution in [0.3, 0.4) is 0 Å². The van der Waals surface area contributed by atoms with Crippen molar-refractivity contribution in [1.82, 2.24) is 30.1 Å². The van der Waals surface area contributed by atoms with E-state index in [9.17, 15) is 30.6 Å². The molecule has 0 aromatic heterocycles. The van der Waals surface area contributed by atoms with Crippen LogP contribution in [0.15, 0.2) is 91.3 Å². The molecular formula is C46H56N12Na6O6S6. The van der Waals surface area contributed by atoms with Gasteiger partial charge in [0, 0.05) is 95.8 Å². The molecule has 0 saturated heterocycles. The SMILES string of the molecule is CN(/N=C(\[O-])C/C([O-])=N/N(C)C(=S)C1(C)CC1)C(=S)C1CC1.CN(/N=C(\[O-])C/C([O-])=N/N(C)C(=S)C1CC1)C(=S)C1CC1.CN(/N=C(\[O-])C/C([O-])=N/N(C)C(=S)c1ccccc1)C(=S)c1ccccc1.[Na+].[Na+].[Na+].[Na+].[Na+].[Na+]. The van der Waals surface area contributed by atoms with Crippen LogP contribution in [0.25, 0.3) is 0 Å². The molecule has 30 heteroatoms. The maximum Gasteiger partial charge on any atom is 1.00 e. The Morgan fingerprint density at radius 2 is 0.632 bits per heavy atom. The Balaban J connectivity index is -0.00000102. The smallest absolute Gasteiger partial charge is 0.860 e. The van der Waals surface area contributed by atoms with Crippen molar-refractivity contribution in [2.75, 3.05) is 42.3 Å². The van der Waals surface area contributed by atoms with Crippen LogP contribution in [0, 0.1) is 23.2 Å². The molecule has 0 radical (unpaired) electrons. The number of nitrogens with zero attached hydrogens (tertiary/aromatic N) is 12. The molecule has 0 amide bonds. The number of hydrogen-bond acceptors (Lipinski definition) is 18. The Labute approximate surface area is 612 Å². The fourth-order valence-corrected chi connectivity index (χ4v) is 7.43. The molecular weight excluding hydrogens is 1150 g/mol. The predicted molar refractivity (Wildman–Crippen MR) is 287 cm³/mol. The second-order valence-corrected chi connectivity index (χ2v) is 19.6. The number of benzene rings is 2. The van der Waals surface area contributed by atoms with E-state index in [1.54, 1.807) is 42.3 Å². The molecule has 6 rings (SSSR count). The molecule has 76 heavy (non-hydrogen) atoms. The molecule has 2 aromatic rings. The zero-order valence-electron chi connectivity index (χ0n) is 46.0. The minimum Gasteiger partial charge on any atom is -0.860 e. The van der Waals surface area contributed by atoms with Gasteiger partial charge < -0.3 is 30.6 Å². The summed E-state index contributed by atoms with van der Waals surface area (Å²) in [4.78, 5) is 3.36. The van der Waals surface area contributed by atoms with Gasteiger partial charge in [-0.2, -0.15) is 30.6 Å². The summed E-state index contributed by atoms with van der Waals surface area (Å²) < 4.78 is 0. The summed E-state index contributed by atoms with van der Waals surface area (Å²) >= 11 is 31.4. The van der Waals surface area contributed by atoms with Gasteiger partial charge in [-0.05, 0) is 86.8 Å². The average Bonchev–Trinajstić information content (AvgIpc) is 4.10. The van der Waals surface area contributed by atoms with Gasteiger partial charge in [0.05, 0.1) is 0 Å². The first kappa shape index (κ1) is 80.8. The fraction of sp³-hybridized carbons (Fsp3) is 0.478. The summed E-state index contributed by atoms with van der Waals surface area (Å²) in [5.41, 5.74) is 1.49. The van der Waals surface area contributed by atoms with Crippen molar-refractivity contribution in [2.45, 2.75) is 77.6 Å². The van der Waals surface area contributed by atoms with E-state index < -0.39 is 41.8 Å². The summed E-state index contributed by atoms with van der Waals surface area (Å²) in [5, 5.41) is 102. The van der Waals surface area contributed by atoms with E-state index >= 15 is 0 Å². The van der Waals surface area contributed by atoms with E-state index in [4.69, 9.17) is 73.3 Å². The molecule has 4 fully saturated rings. The third kappa shape index (κ3) is 29.7. The maximum atomic E-state index is 12.0. The molecule has 0 atom stereocenters. The Bertz CT molecular complexity index is 2320. The van der Waals surface area contributed by atoms with Crippen LogP contribution in [0.1, 0.15) is 88.7 Å². The molecule has 4 aliphatic rings. The molecule has 4 aliphatic carbocycles. The van der Waals surface area contributed by atoms with Crippen LogP contribution in [0.5, 0.6) is 0 Å². The first-order valence-electron chi connectivity index (χ1n) is 22.2. The number of thiocarbonyl (C=S) groups is 6. The van der Waals surface area contributed by atoms with Gasteiger partial charge in [0.2, 0.25) is 0 Å². The molecule has 0 unspecified atom stereocenters. The predicted octanol–water partition coefficient (Wildman–Crippen LogP) is -16.1. The standard InChI is InChI=1S/C19H20N4O2S2.C14H22N4O2S2.C13H20N4O2S2.6Na/c1-22(18(26)14-9-5-3-6-10-14)20-16(24)13-17(25)21-23(2)19(27)15-11-7-4-8-12-15;1-14(6-7-14)13(22)18(3)16-11(20)8-10(19)15-17(2)12(21)9-4-5-9;1-16(12(20)8-3-4-8)14-10(18)7-11(19)15-17(2)13(21)9-5-6-9;;;;;;/h3-12H,13H2,1-2H3,(H,20,24)(H,21,25);9H,4-8H2,1-3H3,(H,15,19)(H,16,20);8-9H,3-7H2,1-2H3,(H,14,18)(H,15,19);;;;;;/q;;;6*+1/p-6. The van der Waals surface area contributed by atoms with Crippen molar-refractivity contribution in [2.24, 2.45) is 53.8 Å². The first-order chi connectivity index (χ1) is 33.0. The molecule has 0 heterocycles. The van der Waals surface area contributed by atoms with Crippen LogP contribution >= 0.6 is 73.3 Å². The van der Waals surface area contributed by atoms with Crippen molar-refractivity contribution < 1.29 is 208 Å². The minimum absolute atomic E-state index is 0. The van der Waals surface area contributed by atoms with Gasteiger partial charge >= 0.3 is 177 Å². The van der Waals surface area contributed by atoms with E-state index in [1.165, 1.54) is 30.1 Å². The second kappa shape index (κ2) is 40.0. The van der Waals surface area contributed by atoms with Crippen LogP contribution in [0.4, 0.5) is 0 Å². The molecule has 0 bridgehead atoms. The summed E-state index contributed by atoms with van der Waals surface area (Å²) in [6, 6.07) is 18.4. The van der Waals surface area contributed by atoms with Gasteiger partial charge in [0.15, 0.2) is 0 Å². The van der Waals surface area contributed by atoms with Crippen LogP contribution in [-0.4, -0.2) is 138 Å². The largest absolute Gasteiger partial charge is 1.00 e. The molecule has 4 saturated carbocycles. The Hall–Kier alpha value is 0.600. The summed E-state index contributed by atoms with van der Waals surface area (Å²) in [6.07, 6.45) is 7.09. The van der Waals surface area contributed by atoms with Gasteiger partial charge in [0.1, 0.15) is 29.9 Å². The number of hydrazone groups is 6. The number of hydrogen-bond donors (Lipinski definition) is 0. The second-order valence-electron chi connectivity index (χ2n) is 17.2. The maximum absolute atomic E-state index is 12.0. The van der Waals surface area contributed by atoms with Gasteiger partial charge in [0.25, 0.3) is 0 Å². The van der Waals surface area contributed by atoms with E-state index in [2.05, 4.69) is 30.6 Å². The van der Waals surface area contributed by atoms with Crippen LogP contribution in [-0.2, 0) is 0 Å². The van der Waals surface area contributed by atoms with Gasteiger partial charge in [-0.3, -0.25) is 30.1 Å². The van der Waals surface area contributed by atoms with Crippen molar-refractivity contribution in [3.63, 3.8) is 0 Å². The van der Waals surface area contributed by atoms with E-state index in [1.807, 2.05) is 67.6 Å². The topological polar surface area (TPSA) is 232 Å². The Morgan fingerprint density at radius 3 is 0.855 bits per heavy atom. The zero-order chi connectivity index (χ0) is 51.9. The molecule has 18 nitrogen and oxygen atoms in total. The summed E-state index contributed by atoms with van der Waals surface area (Å²) in [6.45, 7) is 2.04. The van der Waals surface area contributed by atoms with Crippen molar-refractivity contribution >= 4 is 139 Å². The van der Waals surface area contributed by atoms with E-state index in [0.29, 0.717) is 47.7 Å². The molecule has 0 aliphatic heterocycles. The molecule has 0 N–H and O–H groups in total. The zero-order valence-corrected chi connectivity index (χ0v) is 62.9. The van der Waals surface area contributed by atoms with Crippen LogP contribution < -0.4 is 208 Å². The summed E-state index contributed by atoms with van der Waals surface area (Å²) in [7, 11) is 9.66. The Kier molecular flexibility index (Phi) is 42.5. The van der Waals surface area contributed by atoms with Gasteiger partial charge in [-0.25, -0.2) is 0 Å². The third-order valence-corrected chi connectivity index (χ3v) is 14.2. The molecule has 378 valence electrons. The number of rotatable bonds is 18. The van der Waals surface area contributed by atoms with Gasteiger partial charge in [-0.15, -0.1) is 0 Å². The Morgan fingerprint density at radius 1 is 0.408 bits per heavy atom. The molecule has 2 aromatic carbocycles. The summed E-state index contributed by atoms with van der Waals surface area (Å²) in [5.74, 6) is -2.40. The van der Waals surface area contributed by atoms with E-state index in [0.717, 1.165) is 62.5 Å². The monoisotopic (exact) mass is 1200 g/mol. The van der Waals surface area contributed by atoms with Crippen molar-refractivity contribution in [3.05, 3.63) is 71.8 Å². The van der Waals surface area contributed by atoms with Crippen molar-refractivity contribution in [3.8, 4) is 0 Å². The molecule has 0 spiro atoms. The van der Waals surface area contributed by atoms with Crippen LogP contribution in [0.2, 0.25) is 0 Å². The quantitative estimate of drug-likeness (QED) is 0.0444. The van der Waals surface area contributed by atoms with Crippen molar-refractivity contribution in [1.29, 1.82) is 0 Å². The average molecular weight is 1200 g/mol. The minimum atomic E-state index is -0.636. The first-order valence-corrected chi connectivity index (χ1v) is 24.7. The fourth-order valence-electron chi connectivity index (χ4n) is 6.00. The van der Waals surface area contributed by atoms with Gasteiger partial charge in [-0.1, -0.05) is 141 Å². The van der Waals surface area contributed by atoms with E-state index in [-0.39, 0.29) is 196 Å². The normalized spacial score (nSPS) is 15.5. The third-order valence-electron chi connectivity index (χ3n) is 10.7.